The highest BCUT2D eigenvalue weighted by atomic mass is 32.2. The lowest BCUT2D eigenvalue weighted by molar-refractivity contribution is -0.115. The van der Waals surface area contributed by atoms with E-state index in [2.05, 4.69) is 20.8 Å². The van der Waals surface area contributed by atoms with Crippen molar-refractivity contribution in [2.45, 2.75) is 11.7 Å². The number of aromatic nitrogens is 4. The minimum atomic E-state index is -0.314. The molecule has 0 unspecified atom stereocenters. The van der Waals surface area contributed by atoms with Crippen LogP contribution in [0.3, 0.4) is 0 Å². The van der Waals surface area contributed by atoms with E-state index in [9.17, 15) is 14.7 Å². The molecule has 2 amide bonds. The molecule has 2 N–H and O–H groups in total. The minimum Gasteiger partial charge on any atom is -0.508 e. The fourth-order valence-corrected chi connectivity index (χ4v) is 3.82. The topological polar surface area (TPSA) is 126 Å². The van der Waals surface area contributed by atoms with E-state index < -0.39 is 0 Å². The van der Waals surface area contributed by atoms with Crippen LogP contribution in [0.25, 0.3) is 5.69 Å². The van der Waals surface area contributed by atoms with Crippen LogP contribution in [0.2, 0.25) is 0 Å². The van der Waals surface area contributed by atoms with Crippen LogP contribution < -0.4 is 10.2 Å². The first-order valence-corrected chi connectivity index (χ1v) is 10.9. The molecule has 0 aliphatic rings. The van der Waals surface area contributed by atoms with Crippen molar-refractivity contribution in [1.29, 1.82) is 0 Å². The number of carbonyl (C=O) groups is 2. The average Bonchev–Trinajstić information content (AvgIpc) is 3.53. The number of anilines is 1. The lowest BCUT2D eigenvalue weighted by atomic mass is 10.1. The second kappa shape index (κ2) is 10.0. The van der Waals surface area contributed by atoms with Crippen molar-refractivity contribution in [3.05, 3.63) is 78.3 Å². The molecule has 0 spiro atoms. The van der Waals surface area contributed by atoms with Crippen molar-refractivity contribution in [1.82, 2.24) is 25.5 Å². The van der Waals surface area contributed by atoms with E-state index >= 15 is 0 Å². The molecule has 10 nitrogen and oxygen atoms in total. The molecule has 168 valence electrons. The smallest absolute Gasteiger partial charge is 0.253 e. The summed E-state index contributed by atoms with van der Waals surface area (Å²) in [4.78, 5) is 27.0. The van der Waals surface area contributed by atoms with Gasteiger partial charge in [0.15, 0.2) is 0 Å². The molecule has 0 radical (unpaired) electrons. The van der Waals surface area contributed by atoms with Crippen molar-refractivity contribution in [3.8, 4) is 11.4 Å². The maximum atomic E-state index is 12.9. The molecule has 4 aromatic rings. The molecule has 0 fully saturated rings. The Labute approximate surface area is 193 Å². The predicted octanol–water partition coefficient (Wildman–Crippen LogP) is 2.65. The third-order valence-electron chi connectivity index (χ3n) is 4.75. The van der Waals surface area contributed by atoms with Crippen LogP contribution >= 0.6 is 11.8 Å². The number of thioether (sulfide) groups is 1. The summed E-state index contributed by atoms with van der Waals surface area (Å²) in [5, 5.41) is 24.3. The first-order chi connectivity index (χ1) is 16.0. The van der Waals surface area contributed by atoms with Crippen LogP contribution in [0.15, 0.2) is 76.5 Å². The summed E-state index contributed by atoms with van der Waals surface area (Å²) < 4.78 is 6.72. The average molecular weight is 465 g/mol. The molecule has 0 aliphatic carbocycles. The number of para-hydroxylation sites is 1. The van der Waals surface area contributed by atoms with E-state index in [4.69, 9.17) is 4.42 Å². The van der Waals surface area contributed by atoms with Crippen LogP contribution in [0.4, 0.5) is 5.69 Å². The Kier molecular flexibility index (Phi) is 6.69. The molecule has 0 bridgehead atoms. The maximum absolute atomic E-state index is 12.9. The first-order valence-electron chi connectivity index (χ1n) is 9.89. The number of benzene rings is 2. The summed E-state index contributed by atoms with van der Waals surface area (Å²) in [6.45, 7) is 0.244. The summed E-state index contributed by atoms with van der Waals surface area (Å²) in [5.74, 6) is 0.270. The number of rotatable bonds is 8. The summed E-state index contributed by atoms with van der Waals surface area (Å²) in [6, 6.07) is 16.8. The van der Waals surface area contributed by atoms with Gasteiger partial charge in [-0.15, -0.1) is 5.10 Å². The van der Waals surface area contributed by atoms with Crippen molar-refractivity contribution in [3.63, 3.8) is 0 Å². The van der Waals surface area contributed by atoms with Gasteiger partial charge >= 0.3 is 0 Å². The first kappa shape index (κ1) is 22.1. The van der Waals surface area contributed by atoms with E-state index in [1.165, 1.54) is 39.7 Å². The standard InChI is InChI=1S/C22H20N6O4S/c1-27(19-7-3-2-6-18(19)21(31)23-13-17-5-4-12-32-17)20(30)14-33-22-24-25-26-28(22)15-8-10-16(29)11-9-15/h2-12,29H,13-14H2,1H3,(H,23,31). The van der Waals surface area contributed by atoms with Gasteiger partial charge in [-0.2, -0.15) is 4.68 Å². The minimum absolute atomic E-state index is 0.0529. The Morgan fingerprint density at radius 2 is 1.91 bits per heavy atom. The molecular weight excluding hydrogens is 444 g/mol. The third kappa shape index (κ3) is 5.21. The Balaban J connectivity index is 1.42. The van der Waals surface area contributed by atoms with Gasteiger partial charge < -0.3 is 19.7 Å². The van der Waals surface area contributed by atoms with Crippen molar-refractivity contribution in [2.75, 3.05) is 17.7 Å². The fraction of sp³-hybridized carbons (Fsp3) is 0.136. The Hall–Kier alpha value is -4.12. The van der Waals surface area contributed by atoms with E-state index in [1.807, 2.05) is 0 Å². The number of carbonyl (C=O) groups excluding carboxylic acids is 2. The monoisotopic (exact) mass is 464 g/mol. The number of phenolic OH excluding ortho intramolecular Hbond substituents is 1. The van der Waals surface area contributed by atoms with E-state index in [1.54, 1.807) is 55.6 Å². The number of aromatic hydroxyl groups is 1. The largest absolute Gasteiger partial charge is 0.508 e. The second-order valence-corrected chi connectivity index (χ2v) is 7.85. The second-order valence-electron chi connectivity index (χ2n) is 6.91. The molecule has 4 rings (SSSR count). The number of amides is 2. The van der Waals surface area contributed by atoms with Gasteiger partial charge in [-0.1, -0.05) is 23.9 Å². The van der Waals surface area contributed by atoms with Gasteiger partial charge in [-0.25, -0.2) is 0 Å². The number of phenols is 1. The molecule has 0 saturated heterocycles. The van der Waals surface area contributed by atoms with E-state index in [0.29, 0.717) is 27.9 Å². The molecule has 2 aromatic carbocycles. The molecule has 2 heterocycles. The number of nitrogens with zero attached hydrogens (tertiary/aromatic N) is 5. The van der Waals surface area contributed by atoms with Gasteiger partial charge in [0.1, 0.15) is 11.5 Å². The number of hydrogen-bond donors (Lipinski definition) is 2. The van der Waals surface area contributed by atoms with Crippen LogP contribution in [0, 0.1) is 0 Å². The SMILES string of the molecule is CN(C(=O)CSc1nnnn1-c1ccc(O)cc1)c1ccccc1C(=O)NCc1ccco1. The molecule has 0 atom stereocenters. The summed E-state index contributed by atoms with van der Waals surface area (Å²) >= 11 is 1.17. The number of hydrogen-bond acceptors (Lipinski definition) is 8. The molecule has 33 heavy (non-hydrogen) atoms. The van der Waals surface area contributed by atoms with Crippen LogP contribution in [0.5, 0.6) is 5.75 Å². The predicted molar refractivity (Wildman–Crippen MR) is 121 cm³/mol. The van der Waals surface area contributed by atoms with Gasteiger partial charge in [0.2, 0.25) is 11.1 Å². The van der Waals surface area contributed by atoms with Crippen LogP contribution in [-0.2, 0) is 11.3 Å². The fourth-order valence-electron chi connectivity index (χ4n) is 3.02. The van der Waals surface area contributed by atoms with Crippen molar-refractivity contribution >= 4 is 29.3 Å². The zero-order valence-corrected chi connectivity index (χ0v) is 18.4. The van der Waals surface area contributed by atoms with Gasteiger partial charge in [0.25, 0.3) is 5.91 Å². The van der Waals surface area contributed by atoms with Gasteiger partial charge in [-0.3, -0.25) is 9.59 Å². The lowest BCUT2D eigenvalue weighted by Gasteiger charge is -2.20. The summed E-state index contributed by atoms with van der Waals surface area (Å²) in [7, 11) is 1.62. The normalized spacial score (nSPS) is 10.7. The Morgan fingerprint density at radius 1 is 1.12 bits per heavy atom. The molecule has 2 aromatic heterocycles. The maximum Gasteiger partial charge on any atom is 0.253 e. The number of tetrazole rings is 1. The third-order valence-corrected chi connectivity index (χ3v) is 5.65. The number of furan rings is 1. The van der Waals surface area contributed by atoms with Crippen molar-refractivity contribution < 1.29 is 19.1 Å². The molecule has 0 saturated carbocycles. The zero-order valence-electron chi connectivity index (χ0n) is 17.6. The van der Waals surface area contributed by atoms with Crippen molar-refractivity contribution in [2.24, 2.45) is 0 Å². The van der Waals surface area contributed by atoms with Gasteiger partial charge in [0, 0.05) is 7.05 Å². The Bertz CT molecular complexity index is 1240. The highest BCUT2D eigenvalue weighted by Crippen LogP contribution is 2.23. The Morgan fingerprint density at radius 3 is 2.67 bits per heavy atom. The molecule has 0 aliphatic heterocycles. The number of nitrogens with one attached hydrogen (secondary N) is 1. The molecule has 11 heteroatoms. The van der Waals surface area contributed by atoms with Crippen LogP contribution in [0.1, 0.15) is 16.1 Å². The highest BCUT2D eigenvalue weighted by Gasteiger charge is 2.20. The molecular formula is C22H20N6O4S. The summed E-state index contributed by atoms with van der Waals surface area (Å²) in [5.41, 5.74) is 1.51. The highest BCUT2D eigenvalue weighted by molar-refractivity contribution is 7.99. The zero-order chi connectivity index (χ0) is 23.2. The van der Waals surface area contributed by atoms with E-state index in [0.717, 1.165) is 0 Å². The quantitative estimate of drug-likeness (QED) is 0.381. The van der Waals surface area contributed by atoms with E-state index in [-0.39, 0.29) is 29.9 Å². The van der Waals surface area contributed by atoms with Gasteiger partial charge in [-0.05, 0) is 59.0 Å². The summed E-state index contributed by atoms with van der Waals surface area (Å²) in [6.07, 6.45) is 1.54. The van der Waals surface area contributed by atoms with Gasteiger partial charge in [0.05, 0.1) is 35.5 Å². The van der Waals surface area contributed by atoms with Crippen LogP contribution in [-0.4, -0.2) is 49.9 Å². The lowest BCUT2D eigenvalue weighted by Crippen LogP contribution is -2.31.